The summed E-state index contributed by atoms with van der Waals surface area (Å²) in [5.74, 6) is -3.41. The predicted octanol–water partition coefficient (Wildman–Crippen LogP) is 0.507. The fraction of sp³-hybridized carbons (Fsp3) is 0.533. The van der Waals surface area contributed by atoms with Crippen LogP contribution in [0.25, 0.3) is 0 Å². The van der Waals surface area contributed by atoms with Crippen molar-refractivity contribution in [3.8, 4) is 0 Å². The molecule has 10 unspecified atom stereocenters. The first-order valence-electron chi connectivity index (χ1n) is 13.9. The molecule has 4 saturated heterocycles. The van der Waals surface area contributed by atoms with Crippen molar-refractivity contribution >= 4 is 11.9 Å². The minimum atomic E-state index is -1.67. The molecule has 7 aliphatic rings. The molecule has 9 rings (SSSR count). The smallest absolute Gasteiger partial charge is 0.338 e. The van der Waals surface area contributed by atoms with Crippen LogP contribution in [0, 0.1) is 11.3 Å². The molecule has 0 amide bonds. The lowest BCUT2D eigenvalue weighted by molar-refractivity contribution is -0.423. The molecule has 11 atom stereocenters. The summed E-state index contributed by atoms with van der Waals surface area (Å²) in [4.78, 5) is 26.0. The number of ether oxygens (including phenoxy) is 6. The standard InChI is InChI=1S/C30H32O12/c1-27-14-29(36)19-12-30(27,28(19,26(41-27)42-29)15-37-23(34)16-8-4-2-5-9-16)40-25-22(21(33)20(32)18(13-31)38-25)39-24(35)17-10-6-3-7-11-17/h2-11,18-22,25-26,31-33,36H,12-15H2,1H3/t18?,19?,20?,21?,22?,25?,26-,27?,28?,29?,30?/m1/s1. The van der Waals surface area contributed by atoms with Crippen molar-refractivity contribution in [1.82, 2.24) is 0 Å². The Kier molecular flexibility index (Phi) is 6.32. The molecule has 42 heavy (non-hydrogen) atoms. The highest BCUT2D eigenvalue weighted by Gasteiger charge is 2.94. The lowest BCUT2D eigenvalue weighted by Gasteiger charge is -2.67. The lowest BCUT2D eigenvalue weighted by atomic mass is 9.41. The Morgan fingerprint density at radius 2 is 1.60 bits per heavy atom. The molecular weight excluding hydrogens is 552 g/mol. The second-order valence-electron chi connectivity index (χ2n) is 11.9. The normalized spacial score (nSPS) is 44.5. The second-order valence-corrected chi connectivity index (χ2v) is 11.9. The zero-order valence-electron chi connectivity index (χ0n) is 22.7. The molecule has 2 aromatic carbocycles. The molecule has 0 aromatic heterocycles. The Bertz CT molecular complexity index is 1370. The molecule has 0 radical (unpaired) electrons. The molecule has 12 heteroatoms. The van der Waals surface area contributed by atoms with Crippen molar-refractivity contribution in [3.63, 3.8) is 0 Å². The highest BCUT2D eigenvalue weighted by Crippen LogP contribution is 2.81. The van der Waals surface area contributed by atoms with Crippen LogP contribution in [0.15, 0.2) is 60.7 Å². The molecule has 4 heterocycles. The van der Waals surface area contributed by atoms with E-state index in [4.69, 9.17) is 28.4 Å². The Morgan fingerprint density at radius 1 is 0.952 bits per heavy atom. The Morgan fingerprint density at radius 3 is 2.24 bits per heavy atom. The largest absolute Gasteiger partial charge is 0.461 e. The molecule has 3 aliphatic carbocycles. The van der Waals surface area contributed by atoms with E-state index in [-0.39, 0.29) is 25.0 Å². The molecule has 12 nitrogen and oxygen atoms in total. The Hall–Kier alpha value is -2.94. The molecule has 0 spiro atoms. The van der Waals surface area contributed by atoms with Gasteiger partial charge in [-0.05, 0) is 37.6 Å². The van der Waals surface area contributed by atoms with E-state index in [2.05, 4.69) is 0 Å². The van der Waals surface area contributed by atoms with Gasteiger partial charge in [0.1, 0.15) is 36.1 Å². The predicted molar refractivity (Wildman–Crippen MR) is 138 cm³/mol. The summed E-state index contributed by atoms with van der Waals surface area (Å²) < 4.78 is 36.3. The van der Waals surface area contributed by atoms with Crippen molar-refractivity contribution in [2.24, 2.45) is 11.3 Å². The average Bonchev–Trinajstić information content (AvgIpc) is 3.18. The third kappa shape index (κ3) is 3.64. The molecule has 4 aliphatic heterocycles. The molecule has 6 bridgehead atoms. The highest BCUT2D eigenvalue weighted by molar-refractivity contribution is 5.89. The number of rotatable bonds is 8. The van der Waals surface area contributed by atoms with Gasteiger partial charge in [0, 0.05) is 12.3 Å². The van der Waals surface area contributed by atoms with Gasteiger partial charge in [0.2, 0.25) is 0 Å². The number of esters is 2. The maximum absolute atomic E-state index is 13.0. The van der Waals surface area contributed by atoms with E-state index < -0.39 is 83.9 Å². The maximum atomic E-state index is 13.0. The topological polar surface area (TPSA) is 170 Å². The number of aliphatic hydroxyl groups is 4. The van der Waals surface area contributed by atoms with Crippen LogP contribution >= 0.6 is 0 Å². The number of aliphatic hydroxyl groups excluding tert-OH is 3. The fourth-order valence-corrected chi connectivity index (χ4v) is 7.75. The van der Waals surface area contributed by atoms with E-state index in [1.165, 1.54) is 12.1 Å². The zero-order chi connectivity index (χ0) is 29.5. The van der Waals surface area contributed by atoms with Crippen LogP contribution in [0.1, 0.15) is 40.5 Å². The van der Waals surface area contributed by atoms with Gasteiger partial charge in [-0.3, -0.25) is 0 Å². The summed E-state index contributed by atoms with van der Waals surface area (Å²) in [5.41, 5.74) is -3.04. The second kappa shape index (κ2) is 9.53. The third-order valence-corrected chi connectivity index (χ3v) is 9.80. The average molecular weight is 585 g/mol. The SMILES string of the molecule is CC12CC3(O)O[C@@H](O1)C1(COC(=O)c4ccccc4)C3CC21OC1OC(CO)C(O)C(O)C1OC(=O)c1ccccc1. The van der Waals surface area contributed by atoms with Crippen LogP contribution in [0.4, 0.5) is 0 Å². The number of carbonyl (C=O) groups is 2. The highest BCUT2D eigenvalue weighted by atomic mass is 16.8. The van der Waals surface area contributed by atoms with E-state index in [1.54, 1.807) is 55.5 Å². The summed E-state index contributed by atoms with van der Waals surface area (Å²) in [6.07, 6.45) is -8.19. The van der Waals surface area contributed by atoms with Gasteiger partial charge in [-0.15, -0.1) is 0 Å². The molecule has 4 N–H and O–H groups in total. The van der Waals surface area contributed by atoms with Gasteiger partial charge in [-0.1, -0.05) is 36.4 Å². The first kappa shape index (κ1) is 27.9. The van der Waals surface area contributed by atoms with Gasteiger partial charge < -0.3 is 48.8 Å². The quantitative estimate of drug-likeness (QED) is 0.318. The molecule has 7 fully saturated rings. The van der Waals surface area contributed by atoms with Crippen LogP contribution in [0.2, 0.25) is 0 Å². The van der Waals surface area contributed by atoms with Gasteiger partial charge >= 0.3 is 11.9 Å². The van der Waals surface area contributed by atoms with Gasteiger partial charge in [0.25, 0.3) is 0 Å². The minimum absolute atomic E-state index is 0.0470. The van der Waals surface area contributed by atoms with Crippen molar-refractivity contribution in [2.75, 3.05) is 13.2 Å². The van der Waals surface area contributed by atoms with Crippen molar-refractivity contribution in [3.05, 3.63) is 71.8 Å². The van der Waals surface area contributed by atoms with E-state index in [0.717, 1.165) is 0 Å². The summed E-state index contributed by atoms with van der Waals surface area (Å²) in [6.45, 7) is 0.891. The Labute approximate surface area is 240 Å². The number of hydrogen-bond acceptors (Lipinski definition) is 12. The molecule has 224 valence electrons. The van der Waals surface area contributed by atoms with Gasteiger partial charge in [-0.2, -0.15) is 0 Å². The van der Waals surface area contributed by atoms with Crippen molar-refractivity contribution < 1.29 is 58.4 Å². The van der Waals surface area contributed by atoms with E-state index in [1.807, 2.05) is 0 Å². The number of hydrogen-bond donors (Lipinski definition) is 4. The van der Waals surface area contributed by atoms with Crippen LogP contribution in [-0.2, 0) is 28.4 Å². The monoisotopic (exact) mass is 584 g/mol. The number of carbonyl (C=O) groups excluding carboxylic acids is 2. The summed E-state index contributed by atoms with van der Waals surface area (Å²) in [6, 6.07) is 16.5. The number of benzene rings is 2. The maximum Gasteiger partial charge on any atom is 0.338 e. The third-order valence-electron chi connectivity index (χ3n) is 9.80. The summed E-state index contributed by atoms with van der Waals surface area (Å²) in [5, 5.41) is 43.0. The van der Waals surface area contributed by atoms with Gasteiger partial charge in [0.15, 0.2) is 24.5 Å². The van der Waals surface area contributed by atoms with Crippen LogP contribution in [-0.4, -0.2) is 99.6 Å². The van der Waals surface area contributed by atoms with Gasteiger partial charge in [-0.25, -0.2) is 9.59 Å². The first-order valence-corrected chi connectivity index (χ1v) is 13.9. The lowest BCUT2D eigenvalue weighted by Crippen LogP contribution is -2.81. The van der Waals surface area contributed by atoms with Crippen LogP contribution < -0.4 is 0 Å². The van der Waals surface area contributed by atoms with E-state index >= 15 is 0 Å². The van der Waals surface area contributed by atoms with E-state index in [0.29, 0.717) is 5.56 Å². The van der Waals surface area contributed by atoms with Gasteiger partial charge in [0.05, 0.1) is 23.1 Å². The minimum Gasteiger partial charge on any atom is -0.461 e. The molecular formula is C30H32O12. The first-order chi connectivity index (χ1) is 20.1. The summed E-state index contributed by atoms with van der Waals surface area (Å²) >= 11 is 0. The Balaban J connectivity index is 1.21. The molecule has 3 saturated carbocycles. The van der Waals surface area contributed by atoms with E-state index in [9.17, 15) is 30.0 Å². The summed E-state index contributed by atoms with van der Waals surface area (Å²) in [7, 11) is 0. The fourth-order valence-electron chi connectivity index (χ4n) is 7.75. The zero-order valence-corrected chi connectivity index (χ0v) is 22.7. The molecule has 2 aromatic rings. The van der Waals surface area contributed by atoms with Crippen LogP contribution in [0.5, 0.6) is 0 Å². The van der Waals surface area contributed by atoms with Crippen LogP contribution in [0.3, 0.4) is 0 Å². The van der Waals surface area contributed by atoms with Crippen molar-refractivity contribution in [1.29, 1.82) is 0 Å². The van der Waals surface area contributed by atoms with Crippen molar-refractivity contribution in [2.45, 2.75) is 73.8 Å².